The number of carbonyl (C=O) groups is 3. The highest BCUT2D eigenvalue weighted by Gasteiger charge is 2.23. The van der Waals surface area contributed by atoms with E-state index in [2.05, 4.69) is 4.98 Å². The van der Waals surface area contributed by atoms with E-state index in [4.69, 9.17) is 0 Å². The Morgan fingerprint density at radius 2 is 1.67 bits per heavy atom. The number of rotatable bonds is 5. The van der Waals surface area contributed by atoms with Crippen LogP contribution in [0.3, 0.4) is 0 Å². The summed E-state index contributed by atoms with van der Waals surface area (Å²) in [5.74, 6) is -0.458. The molecule has 0 atom stereocenters. The molecule has 1 aromatic heterocycles. The third-order valence-corrected chi connectivity index (χ3v) is 4.55. The van der Waals surface area contributed by atoms with E-state index in [0.717, 1.165) is 12.0 Å². The summed E-state index contributed by atoms with van der Waals surface area (Å²) >= 11 is 0. The molecule has 1 aromatic carbocycles. The minimum atomic E-state index is -0.237. The largest absolute Gasteiger partial charge is 0.342 e. The van der Waals surface area contributed by atoms with Crippen molar-refractivity contribution in [2.45, 2.75) is 6.54 Å². The molecule has 7 nitrogen and oxygen atoms in total. The Labute approximate surface area is 158 Å². The van der Waals surface area contributed by atoms with Gasteiger partial charge in [0, 0.05) is 39.8 Å². The van der Waals surface area contributed by atoms with E-state index in [1.54, 1.807) is 39.9 Å². The molecule has 0 radical (unpaired) electrons. The van der Waals surface area contributed by atoms with Crippen LogP contribution >= 0.6 is 0 Å². The van der Waals surface area contributed by atoms with Crippen LogP contribution in [0.5, 0.6) is 0 Å². The maximum Gasteiger partial charge on any atom is 0.272 e. The van der Waals surface area contributed by atoms with E-state index < -0.39 is 0 Å². The van der Waals surface area contributed by atoms with Crippen LogP contribution in [0.1, 0.15) is 26.5 Å². The number of benzene rings is 1. The van der Waals surface area contributed by atoms with Gasteiger partial charge in [-0.2, -0.15) is 0 Å². The SMILES string of the molecule is CN(Cc1ccccc1)C(=O)c1cccc(C(=O)N2CCN(C=O)CC2)n1. The Balaban J connectivity index is 1.68. The minimum absolute atomic E-state index is 0.221. The zero-order valence-corrected chi connectivity index (χ0v) is 15.2. The Morgan fingerprint density at radius 3 is 2.33 bits per heavy atom. The van der Waals surface area contributed by atoms with Crippen molar-refractivity contribution in [2.75, 3.05) is 33.2 Å². The van der Waals surface area contributed by atoms with Gasteiger partial charge in [-0.15, -0.1) is 0 Å². The molecule has 0 aliphatic carbocycles. The summed E-state index contributed by atoms with van der Waals surface area (Å²) in [5.41, 5.74) is 1.51. The van der Waals surface area contributed by atoms with Gasteiger partial charge in [-0.05, 0) is 17.7 Å². The number of pyridine rings is 1. The molecule has 0 unspecified atom stereocenters. The van der Waals surface area contributed by atoms with Crippen molar-refractivity contribution in [2.24, 2.45) is 0 Å². The number of carbonyl (C=O) groups excluding carboxylic acids is 3. The maximum absolute atomic E-state index is 12.7. The number of nitrogens with zero attached hydrogens (tertiary/aromatic N) is 4. The summed E-state index contributed by atoms with van der Waals surface area (Å²) in [5, 5.41) is 0. The van der Waals surface area contributed by atoms with Gasteiger partial charge in [-0.1, -0.05) is 36.4 Å². The topological polar surface area (TPSA) is 73.8 Å². The van der Waals surface area contributed by atoms with Crippen LogP contribution in [0.25, 0.3) is 0 Å². The summed E-state index contributed by atoms with van der Waals surface area (Å²) in [4.78, 5) is 45.3. The molecule has 1 aliphatic rings. The highest BCUT2D eigenvalue weighted by molar-refractivity contribution is 5.96. The van der Waals surface area contributed by atoms with Crippen molar-refractivity contribution in [1.29, 1.82) is 0 Å². The van der Waals surface area contributed by atoms with Crippen LogP contribution in [-0.2, 0) is 11.3 Å². The molecule has 0 spiro atoms. The fraction of sp³-hybridized carbons (Fsp3) is 0.300. The standard InChI is InChI=1S/C20H22N4O3/c1-22(14-16-6-3-2-4-7-16)19(26)17-8-5-9-18(21-17)20(27)24-12-10-23(15-25)11-13-24/h2-9,15H,10-14H2,1H3. The number of aromatic nitrogens is 1. The van der Waals surface area contributed by atoms with Gasteiger partial charge in [0.2, 0.25) is 6.41 Å². The lowest BCUT2D eigenvalue weighted by atomic mass is 10.2. The van der Waals surface area contributed by atoms with Crippen molar-refractivity contribution in [1.82, 2.24) is 19.7 Å². The van der Waals surface area contributed by atoms with Gasteiger partial charge < -0.3 is 14.7 Å². The second-order valence-corrected chi connectivity index (χ2v) is 6.49. The summed E-state index contributed by atoms with van der Waals surface area (Å²) in [6.45, 7) is 2.41. The maximum atomic E-state index is 12.7. The quantitative estimate of drug-likeness (QED) is 0.747. The molecule has 1 saturated heterocycles. The zero-order chi connectivity index (χ0) is 19.2. The number of hydrogen-bond donors (Lipinski definition) is 0. The van der Waals surface area contributed by atoms with Crippen LogP contribution in [0.4, 0.5) is 0 Å². The summed E-state index contributed by atoms with van der Waals surface area (Å²) in [6.07, 6.45) is 0.794. The number of hydrogen-bond acceptors (Lipinski definition) is 4. The van der Waals surface area contributed by atoms with Crippen molar-refractivity contribution in [3.8, 4) is 0 Å². The van der Waals surface area contributed by atoms with Crippen LogP contribution in [-0.4, -0.2) is 71.1 Å². The lowest BCUT2D eigenvalue weighted by molar-refractivity contribution is -0.119. The molecule has 140 valence electrons. The molecule has 2 heterocycles. The molecular formula is C20H22N4O3. The predicted octanol–water partition coefficient (Wildman–Crippen LogP) is 1.27. The molecule has 7 heteroatoms. The van der Waals surface area contributed by atoms with Gasteiger partial charge in [0.05, 0.1) is 0 Å². The lowest BCUT2D eigenvalue weighted by Gasteiger charge is -2.32. The Hall–Kier alpha value is -3.22. The first-order valence-corrected chi connectivity index (χ1v) is 8.83. The van der Waals surface area contributed by atoms with Gasteiger partial charge in [0.1, 0.15) is 11.4 Å². The average Bonchev–Trinajstić information content (AvgIpc) is 2.73. The fourth-order valence-electron chi connectivity index (χ4n) is 2.99. The fourth-order valence-corrected chi connectivity index (χ4v) is 2.99. The monoisotopic (exact) mass is 366 g/mol. The van der Waals surface area contributed by atoms with Gasteiger partial charge in [-0.3, -0.25) is 14.4 Å². The molecule has 0 saturated carbocycles. The molecule has 3 rings (SSSR count). The Kier molecular flexibility index (Phi) is 5.80. The highest BCUT2D eigenvalue weighted by atomic mass is 16.2. The normalized spacial score (nSPS) is 14.0. The molecule has 3 amide bonds. The molecule has 0 N–H and O–H groups in total. The van der Waals surface area contributed by atoms with E-state index in [0.29, 0.717) is 32.7 Å². The van der Waals surface area contributed by atoms with Crippen molar-refractivity contribution < 1.29 is 14.4 Å². The predicted molar refractivity (Wildman–Crippen MR) is 100 cm³/mol. The second kappa shape index (κ2) is 8.44. The van der Waals surface area contributed by atoms with E-state index in [9.17, 15) is 14.4 Å². The Bertz CT molecular complexity index is 817. The number of piperazine rings is 1. The summed E-state index contributed by atoms with van der Waals surface area (Å²) in [7, 11) is 1.71. The first-order valence-electron chi connectivity index (χ1n) is 8.83. The second-order valence-electron chi connectivity index (χ2n) is 6.49. The average molecular weight is 366 g/mol. The smallest absolute Gasteiger partial charge is 0.272 e. The number of amides is 3. The molecule has 0 bridgehead atoms. The molecule has 1 fully saturated rings. The first-order chi connectivity index (χ1) is 13.1. The minimum Gasteiger partial charge on any atom is -0.342 e. The van der Waals surface area contributed by atoms with Crippen LogP contribution < -0.4 is 0 Å². The van der Waals surface area contributed by atoms with Crippen molar-refractivity contribution in [3.05, 3.63) is 65.5 Å². The van der Waals surface area contributed by atoms with Gasteiger partial charge in [0.25, 0.3) is 11.8 Å². The van der Waals surface area contributed by atoms with Crippen LogP contribution in [0.15, 0.2) is 48.5 Å². The summed E-state index contributed by atoms with van der Waals surface area (Å²) < 4.78 is 0. The zero-order valence-electron chi connectivity index (χ0n) is 15.2. The summed E-state index contributed by atoms with van der Waals surface area (Å²) in [6, 6.07) is 14.6. The lowest BCUT2D eigenvalue weighted by Crippen LogP contribution is -2.48. The third kappa shape index (κ3) is 4.49. The van der Waals surface area contributed by atoms with Crippen LogP contribution in [0.2, 0.25) is 0 Å². The van der Waals surface area contributed by atoms with Crippen molar-refractivity contribution in [3.63, 3.8) is 0 Å². The van der Waals surface area contributed by atoms with Crippen LogP contribution in [0, 0.1) is 0 Å². The molecule has 1 aliphatic heterocycles. The van der Waals surface area contributed by atoms with E-state index in [1.165, 1.54) is 0 Å². The first kappa shape index (κ1) is 18.6. The van der Waals surface area contributed by atoms with Crippen molar-refractivity contribution >= 4 is 18.2 Å². The van der Waals surface area contributed by atoms with E-state index in [-0.39, 0.29) is 23.2 Å². The molecule has 2 aromatic rings. The Morgan fingerprint density at radius 1 is 1.00 bits per heavy atom. The molecule has 27 heavy (non-hydrogen) atoms. The van der Waals surface area contributed by atoms with Gasteiger partial charge >= 0.3 is 0 Å². The van der Waals surface area contributed by atoms with Gasteiger partial charge in [-0.25, -0.2) is 4.98 Å². The highest BCUT2D eigenvalue weighted by Crippen LogP contribution is 2.10. The van der Waals surface area contributed by atoms with E-state index >= 15 is 0 Å². The third-order valence-electron chi connectivity index (χ3n) is 4.55. The molecular weight excluding hydrogens is 344 g/mol. The van der Waals surface area contributed by atoms with E-state index in [1.807, 2.05) is 30.3 Å². The van der Waals surface area contributed by atoms with Gasteiger partial charge in [0.15, 0.2) is 0 Å².